The zero-order chi connectivity index (χ0) is 16.4. The van der Waals surface area contributed by atoms with Gasteiger partial charge in [-0.3, -0.25) is 19.4 Å². The van der Waals surface area contributed by atoms with Gasteiger partial charge in [-0.15, -0.1) is 0 Å². The maximum atomic E-state index is 12.7. The molecule has 3 rings (SSSR count). The van der Waals surface area contributed by atoms with E-state index in [-0.39, 0.29) is 17.9 Å². The molecule has 3 heterocycles. The molecule has 1 aliphatic rings. The van der Waals surface area contributed by atoms with Crippen LogP contribution in [-0.4, -0.2) is 50.3 Å². The summed E-state index contributed by atoms with van der Waals surface area (Å²) in [4.78, 5) is 26.5. The normalized spacial score (nSPS) is 17.5. The number of nitrogens with zero attached hydrogens (tertiary/aromatic N) is 4. The van der Waals surface area contributed by atoms with Gasteiger partial charge in [-0.1, -0.05) is 0 Å². The summed E-state index contributed by atoms with van der Waals surface area (Å²) in [5, 5.41) is 13.7. The Kier molecular flexibility index (Phi) is 4.14. The van der Waals surface area contributed by atoms with Crippen LogP contribution in [-0.2, 0) is 6.54 Å². The Balaban J connectivity index is 1.87. The lowest BCUT2D eigenvalue weighted by Crippen LogP contribution is -2.32. The van der Waals surface area contributed by atoms with Gasteiger partial charge in [0.15, 0.2) is 0 Å². The second-order valence-corrected chi connectivity index (χ2v) is 5.49. The summed E-state index contributed by atoms with van der Waals surface area (Å²) in [6, 6.07) is 1.55. The molecule has 1 unspecified atom stereocenters. The third-order valence-electron chi connectivity index (χ3n) is 4.17. The van der Waals surface area contributed by atoms with Crippen LogP contribution in [0.3, 0.4) is 0 Å². The highest BCUT2D eigenvalue weighted by Crippen LogP contribution is 2.33. The van der Waals surface area contributed by atoms with Gasteiger partial charge in [-0.2, -0.15) is 10.2 Å². The topological polar surface area (TPSA) is 95.9 Å². The highest BCUT2D eigenvalue weighted by molar-refractivity contribution is 5.96. The van der Waals surface area contributed by atoms with E-state index in [1.807, 2.05) is 6.92 Å². The fraction of sp³-hybridized carbons (Fsp3) is 0.467. The van der Waals surface area contributed by atoms with Crippen LogP contribution >= 0.6 is 0 Å². The van der Waals surface area contributed by atoms with Crippen LogP contribution in [0.1, 0.15) is 52.3 Å². The average molecular weight is 316 g/mol. The summed E-state index contributed by atoms with van der Waals surface area (Å²) in [6.45, 7) is 3.34. The average Bonchev–Trinajstić information content (AvgIpc) is 3.31. The molecule has 1 saturated heterocycles. The van der Waals surface area contributed by atoms with Crippen LogP contribution in [0.2, 0.25) is 0 Å². The van der Waals surface area contributed by atoms with Gasteiger partial charge in [0, 0.05) is 26.3 Å². The molecule has 8 nitrogen and oxygen atoms in total. The lowest BCUT2D eigenvalue weighted by Gasteiger charge is -2.23. The van der Waals surface area contributed by atoms with Crippen molar-refractivity contribution in [3.63, 3.8) is 0 Å². The molecule has 1 fully saturated rings. The van der Waals surface area contributed by atoms with E-state index < -0.39 is 0 Å². The van der Waals surface area contributed by atoms with Gasteiger partial charge in [-0.05, 0) is 25.8 Å². The van der Waals surface area contributed by atoms with E-state index in [1.54, 1.807) is 28.9 Å². The minimum Gasteiger partial charge on any atom is -0.355 e. The molecular formula is C15H20N6O2. The Labute approximate surface area is 133 Å². The van der Waals surface area contributed by atoms with Gasteiger partial charge in [0.25, 0.3) is 11.8 Å². The van der Waals surface area contributed by atoms with Crippen molar-refractivity contribution in [1.29, 1.82) is 0 Å². The Bertz CT molecular complexity index is 719. The number of aromatic nitrogens is 4. The Morgan fingerprint density at radius 2 is 2.30 bits per heavy atom. The number of hydrogen-bond donors (Lipinski definition) is 2. The Hall–Kier alpha value is -2.64. The van der Waals surface area contributed by atoms with Crippen LogP contribution in [0, 0.1) is 0 Å². The van der Waals surface area contributed by atoms with Crippen molar-refractivity contribution in [2.24, 2.45) is 0 Å². The Morgan fingerprint density at radius 3 is 3.00 bits per heavy atom. The van der Waals surface area contributed by atoms with Gasteiger partial charge in [-0.25, -0.2) is 0 Å². The van der Waals surface area contributed by atoms with E-state index in [9.17, 15) is 9.59 Å². The number of aromatic amines is 1. The second kappa shape index (κ2) is 6.23. The maximum Gasteiger partial charge on any atom is 0.274 e. The van der Waals surface area contributed by atoms with E-state index in [4.69, 9.17) is 0 Å². The lowest BCUT2D eigenvalue weighted by atomic mass is 10.1. The van der Waals surface area contributed by atoms with E-state index in [0.717, 1.165) is 19.4 Å². The molecule has 0 saturated carbocycles. The lowest BCUT2D eigenvalue weighted by molar-refractivity contribution is 0.0723. The molecule has 122 valence electrons. The number of amides is 2. The molecule has 1 atom stereocenters. The minimum absolute atomic E-state index is 0.114. The SMILES string of the molecule is CCn1ccc(C(=O)N2CCCC2c2[nH]ncc2C(=O)NC)n1. The number of H-pyrrole nitrogens is 1. The highest BCUT2D eigenvalue weighted by atomic mass is 16.2. The maximum absolute atomic E-state index is 12.7. The molecular weight excluding hydrogens is 296 g/mol. The molecule has 2 aromatic rings. The molecule has 0 radical (unpaired) electrons. The summed E-state index contributed by atoms with van der Waals surface area (Å²) in [5.41, 5.74) is 1.60. The number of carbonyl (C=O) groups excluding carboxylic acids is 2. The molecule has 0 aliphatic carbocycles. The number of carbonyl (C=O) groups is 2. The second-order valence-electron chi connectivity index (χ2n) is 5.49. The molecule has 1 aliphatic heterocycles. The molecule has 8 heteroatoms. The van der Waals surface area contributed by atoms with Gasteiger partial charge in [0.2, 0.25) is 0 Å². The van der Waals surface area contributed by atoms with Crippen molar-refractivity contribution < 1.29 is 9.59 Å². The third kappa shape index (κ3) is 2.71. The standard InChI is InChI=1S/C15H20N6O2/c1-3-20-8-6-11(19-20)15(23)21-7-4-5-12(21)13-10(9-17-18-13)14(22)16-2/h6,8-9,12H,3-5,7H2,1-2H3,(H,16,22)(H,17,18). The van der Waals surface area contributed by atoms with E-state index in [2.05, 4.69) is 20.6 Å². The van der Waals surface area contributed by atoms with Gasteiger partial charge >= 0.3 is 0 Å². The fourth-order valence-corrected chi connectivity index (χ4v) is 2.97. The predicted molar refractivity (Wildman–Crippen MR) is 82.9 cm³/mol. The number of rotatable bonds is 4. The summed E-state index contributed by atoms with van der Waals surface area (Å²) in [7, 11) is 1.58. The van der Waals surface area contributed by atoms with Crippen molar-refractivity contribution in [2.45, 2.75) is 32.4 Å². The first-order chi connectivity index (χ1) is 11.2. The van der Waals surface area contributed by atoms with Crippen LogP contribution in [0.25, 0.3) is 0 Å². The number of hydrogen-bond acceptors (Lipinski definition) is 4. The first kappa shape index (κ1) is 15.3. The molecule has 2 aromatic heterocycles. The van der Waals surface area contributed by atoms with Crippen molar-refractivity contribution in [2.75, 3.05) is 13.6 Å². The predicted octanol–water partition coefficient (Wildman–Crippen LogP) is 0.963. The van der Waals surface area contributed by atoms with Crippen LogP contribution in [0.5, 0.6) is 0 Å². The smallest absolute Gasteiger partial charge is 0.274 e. The van der Waals surface area contributed by atoms with E-state index >= 15 is 0 Å². The van der Waals surface area contributed by atoms with Crippen molar-refractivity contribution in [3.05, 3.63) is 35.4 Å². The number of aryl methyl sites for hydroxylation is 1. The summed E-state index contributed by atoms with van der Waals surface area (Å²) in [6.07, 6.45) is 4.98. The third-order valence-corrected chi connectivity index (χ3v) is 4.17. The number of likely N-dealkylation sites (tertiary alicyclic amines) is 1. The quantitative estimate of drug-likeness (QED) is 0.878. The summed E-state index contributed by atoms with van der Waals surface area (Å²) < 4.78 is 1.73. The fourth-order valence-electron chi connectivity index (χ4n) is 2.97. The molecule has 23 heavy (non-hydrogen) atoms. The van der Waals surface area contributed by atoms with E-state index in [0.29, 0.717) is 23.5 Å². The van der Waals surface area contributed by atoms with Crippen molar-refractivity contribution >= 4 is 11.8 Å². The van der Waals surface area contributed by atoms with Crippen LogP contribution in [0.15, 0.2) is 18.5 Å². The highest BCUT2D eigenvalue weighted by Gasteiger charge is 2.34. The Morgan fingerprint density at radius 1 is 1.48 bits per heavy atom. The molecule has 0 bridgehead atoms. The molecule has 2 N–H and O–H groups in total. The van der Waals surface area contributed by atoms with Gasteiger partial charge < -0.3 is 10.2 Å². The monoisotopic (exact) mass is 316 g/mol. The largest absolute Gasteiger partial charge is 0.355 e. The van der Waals surface area contributed by atoms with Crippen molar-refractivity contribution in [1.82, 2.24) is 30.2 Å². The first-order valence-electron chi connectivity index (χ1n) is 7.75. The van der Waals surface area contributed by atoms with Gasteiger partial charge in [0.05, 0.1) is 23.5 Å². The van der Waals surface area contributed by atoms with Crippen molar-refractivity contribution in [3.8, 4) is 0 Å². The molecule has 0 aromatic carbocycles. The molecule has 2 amide bonds. The summed E-state index contributed by atoms with van der Waals surface area (Å²) in [5.74, 6) is -0.319. The molecule has 0 spiro atoms. The zero-order valence-electron chi connectivity index (χ0n) is 13.2. The summed E-state index contributed by atoms with van der Waals surface area (Å²) >= 11 is 0. The zero-order valence-corrected chi connectivity index (χ0v) is 13.2. The van der Waals surface area contributed by atoms with E-state index in [1.165, 1.54) is 6.20 Å². The van der Waals surface area contributed by atoms with Crippen LogP contribution < -0.4 is 5.32 Å². The van der Waals surface area contributed by atoms with Crippen LogP contribution in [0.4, 0.5) is 0 Å². The minimum atomic E-state index is -0.205. The number of nitrogens with one attached hydrogen (secondary N) is 2. The van der Waals surface area contributed by atoms with Gasteiger partial charge in [0.1, 0.15) is 5.69 Å². The first-order valence-corrected chi connectivity index (χ1v) is 7.75.